The van der Waals surface area contributed by atoms with Gasteiger partial charge in [-0.2, -0.15) is 0 Å². The Labute approximate surface area is 287 Å². The number of para-hydroxylation sites is 1. The van der Waals surface area contributed by atoms with E-state index in [0.29, 0.717) is 48.6 Å². The lowest BCUT2D eigenvalue weighted by Crippen LogP contribution is -2.49. The van der Waals surface area contributed by atoms with Gasteiger partial charge in [0, 0.05) is 35.3 Å². The van der Waals surface area contributed by atoms with Crippen molar-refractivity contribution in [2.45, 2.75) is 61.6 Å². The Morgan fingerprint density at radius 3 is 2.38 bits per heavy atom. The lowest BCUT2D eigenvalue weighted by Gasteiger charge is -2.38. The zero-order valence-corrected chi connectivity index (χ0v) is 28.8. The Bertz CT molecular complexity index is 1670. The summed E-state index contributed by atoms with van der Waals surface area (Å²) in [6.45, 7) is 7.26. The Hall–Kier alpha value is -4.18. The number of likely N-dealkylation sites (N-methyl/N-ethyl adjacent to an activating group) is 1. The number of hydrogen-bond donors (Lipinski definition) is 2. The number of fused-ring (bicyclic) bond motifs is 1. The zero-order chi connectivity index (χ0) is 34.2. The maximum atomic E-state index is 13.9. The molecule has 0 fully saturated rings. The highest BCUT2D eigenvalue weighted by molar-refractivity contribution is 7.99. The van der Waals surface area contributed by atoms with E-state index < -0.39 is 12.0 Å². The molecule has 0 spiro atoms. The number of benzene rings is 4. The number of carbonyl (C=O) groups is 2. The summed E-state index contributed by atoms with van der Waals surface area (Å²) >= 11 is 1.73. The molecule has 0 aromatic heterocycles. The summed E-state index contributed by atoms with van der Waals surface area (Å²) in [5.74, 6) is -1.19. The quantitative estimate of drug-likeness (QED) is 0.163. The van der Waals surface area contributed by atoms with Gasteiger partial charge in [0.2, 0.25) is 5.91 Å². The van der Waals surface area contributed by atoms with Crippen LogP contribution in [0, 0.1) is 11.7 Å². The molecule has 2 N–H and O–H groups in total. The van der Waals surface area contributed by atoms with Crippen LogP contribution in [0.1, 0.15) is 54.6 Å². The molecule has 7 nitrogen and oxygen atoms in total. The molecule has 0 aliphatic carbocycles. The predicted molar refractivity (Wildman–Crippen MR) is 189 cm³/mol. The normalized spacial score (nSPS) is 17.6. The molecule has 0 saturated heterocycles. The Morgan fingerprint density at radius 2 is 1.71 bits per heavy atom. The van der Waals surface area contributed by atoms with Gasteiger partial charge in [0.1, 0.15) is 11.9 Å². The van der Waals surface area contributed by atoms with Crippen molar-refractivity contribution in [3.05, 3.63) is 120 Å². The van der Waals surface area contributed by atoms with Gasteiger partial charge in [-0.1, -0.05) is 74.1 Å². The van der Waals surface area contributed by atoms with Gasteiger partial charge in [0.05, 0.1) is 29.8 Å². The van der Waals surface area contributed by atoms with Crippen LogP contribution in [0.5, 0.6) is 5.75 Å². The van der Waals surface area contributed by atoms with E-state index in [2.05, 4.69) is 46.6 Å². The van der Waals surface area contributed by atoms with E-state index in [9.17, 15) is 19.1 Å². The predicted octanol–water partition coefficient (Wildman–Crippen LogP) is 7.46. The van der Waals surface area contributed by atoms with Gasteiger partial charge in [0.15, 0.2) is 5.75 Å². The number of carbonyl (C=O) groups excluding carboxylic acids is 2. The number of aliphatic hydroxyl groups is 1. The van der Waals surface area contributed by atoms with Crippen LogP contribution in [0.2, 0.25) is 0 Å². The summed E-state index contributed by atoms with van der Waals surface area (Å²) in [5.41, 5.74) is 2.60. The summed E-state index contributed by atoms with van der Waals surface area (Å²) in [4.78, 5) is 33.8. The SMILES string of the molecule is CCC(C(=O)Nc1cccc2c1O[C@H](CN(C)Cc1ccc(Sc3ccccc3)cc1)[C@H](C)CN([C@@H](C)CO)C2=O)c1ccc(F)cc1. The molecule has 0 saturated carbocycles. The van der Waals surface area contributed by atoms with Gasteiger partial charge in [-0.25, -0.2) is 4.39 Å². The second kappa shape index (κ2) is 16.3. The van der Waals surface area contributed by atoms with Crippen molar-refractivity contribution >= 4 is 29.3 Å². The van der Waals surface area contributed by atoms with Crippen molar-refractivity contribution in [1.82, 2.24) is 9.80 Å². The van der Waals surface area contributed by atoms with Crippen LogP contribution in [0.3, 0.4) is 0 Å². The van der Waals surface area contributed by atoms with E-state index in [1.165, 1.54) is 27.5 Å². The fourth-order valence-electron chi connectivity index (χ4n) is 6.02. The molecule has 1 unspecified atom stereocenters. The number of ether oxygens (including phenoxy) is 1. The maximum Gasteiger partial charge on any atom is 0.258 e. The molecule has 0 bridgehead atoms. The number of rotatable bonds is 12. The fraction of sp³-hybridized carbons (Fsp3) is 0.333. The molecule has 4 aromatic rings. The molecule has 0 radical (unpaired) electrons. The number of hydrogen-bond acceptors (Lipinski definition) is 6. The van der Waals surface area contributed by atoms with Crippen LogP contribution in [-0.2, 0) is 11.3 Å². The smallest absolute Gasteiger partial charge is 0.258 e. The molecule has 48 heavy (non-hydrogen) atoms. The van der Waals surface area contributed by atoms with Crippen molar-refractivity contribution < 1.29 is 23.8 Å². The van der Waals surface area contributed by atoms with E-state index in [1.54, 1.807) is 47.0 Å². The Morgan fingerprint density at radius 1 is 1.02 bits per heavy atom. The molecule has 1 aliphatic rings. The third kappa shape index (κ3) is 8.64. The van der Waals surface area contributed by atoms with Gasteiger partial charge in [-0.05, 0) is 80.1 Å². The maximum absolute atomic E-state index is 13.9. The Balaban J connectivity index is 1.37. The molecule has 1 aliphatic heterocycles. The molecule has 4 aromatic carbocycles. The summed E-state index contributed by atoms with van der Waals surface area (Å²) < 4.78 is 20.3. The van der Waals surface area contributed by atoms with Crippen molar-refractivity contribution in [3.63, 3.8) is 0 Å². The molecule has 2 amide bonds. The van der Waals surface area contributed by atoms with Crippen molar-refractivity contribution in [2.75, 3.05) is 32.1 Å². The van der Waals surface area contributed by atoms with E-state index in [1.807, 2.05) is 46.0 Å². The number of nitrogens with zero attached hydrogens (tertiary/aromatic N) is 2. The van der Waals surface area contributed by atoms with Gasteiger partial charge in [-0.3, -0.25) is 14.5 Å². The van der Waals surface area contributed by atoms with E-state index in [0.717, 1.165) is 0 Å². The van der Waals surface area contributed by atoms with Crippen LogP contribution in [0.15, 0.2) is 107 Å². The van der Waals surface area contributed by atoms with Crippen LogP contribution in [-0.4, -0.2) is 65.6 Å². The Kier molecular flexibility index (Phi) is 11.9. The topological polar surface area (TPSA) is 82.1 Å². The second-order valence-corrected chi connectivity index (χ2v) is 13.7. The molecule has 9 heteroatoms. The number of halogens is 1. The molecule has 4 atom stereocenters. The van der Waals surface area contributed by atoms with Gasteiger partial charge >= 0.3 is 0 Å². The van der Waals surface area contributed by atoms with E-state index in [4.69, 9.17) is 4.74 Å². The van der Waals surface area contributed by atoms with Crippen LogP contribution in [0.25, 0.3) is 0 Å². The number of anilines is 1. The number of nitrogens with one attached hydrogen (secondary N) is 1. The minimum atomic E-state index is -0.519. The first-order chi connectivity index (χ1) is 23.2. The highest BCUT2D eigenvalue weighted by Gasteiger charge is 2.35. The summed E-state index contributed by atoms with van der Waals surface area (Å²) in [5, 5.41) is 13.1. The monoisotopic (exact) mass is 669 g/mol. The first kappa shape index (κ1) is 35.1. The van der Waals surface area contributed by atoms with Gasteiger partial charge in [-0.15, -0.1) is 0 Å². The van der Waals surface area contributed by atoms with Crippen LogP contribution < -0.4 is 10.1 Å². The average molecular weight is 670 g/mol. The standard InChI is InChI=1S/C39H44FN3O4S/c1-5-33(29-16-18-30(40)19-17-29)38(45)41-35-13-9-12-34-37(35)47-36(26(2)22-43(39(34)46)27(3)25-44)24-42(4)23-28-14-20-32(21-15-28)48-31-10-7-6-8-11-31/h6-21,26-27,33,36,44H,5,22-25H2,1-4H3,(H,41,45)/t26-,27+,33?,36-/m1/s1. The lowest BCUT2D eigenvalue weighted by molar-refractivity contribution is -0.117. The van der Waals surface area contributed by atoms with Gasteiger partial charge < -0.3 is 20.1 Å². The van der Waals surface area contributed by atoms with Crippen molar-refractivity contribution in [1.29, 1.82) is 0 Å². The van der Waals surface area contributed by atoms with Gasteiger partial charge in [0.25, 0.3) is 5.91 Å². The molecule has 5 rings (SSSR count). The van der Waals surface area contributed by atoms with Crippen molar-refractivity contribution in [3.8, 4) is 5.75 Å². The molecular formula is C39H44FN3O4S. The van der Waals surface area contributed by atoms with E-state index in [-0.39, 0.29) is 36.3 Å². The summed E-state index contributed by atoms with van der Waals surface area (Å²) in [7, 11) is 2.05. The number of aliphatic hydroxyl groups excluding tert-OH is 1. The first-order valence-electron chi connectivity index (χ1n) is 16.4. The summed E-state index contributed by atoms with van der Waals surface area (Å²) in [6.07, 6.45) is 0.171. The average Bonchev–Trinajstić information content (AvgIpc) is 3.08. The third-order valence-corrected chi connectivity index (χ3v) is 9.81. The van der Waals surface area contributed by atoms with Crippen LogP contribution >= 0.6 is 11.8 Å². The third-order valence-electron chi connectivity index (χ3n) is 8.79. The first-order valence-corrected chi connectivity index (χ1v) is 17.3. The molecule has 252 valence electrons. The van der Waals surface area contributed by atoms with Crippen molar-refractivity contribution in [2.24, 2.45) is 5.92 Å². The zero-order valence-electron chi connectivity index (χ0n) is 27.9. The minimum absolute atomic E-state index is 0.0884. The highest BCUT2D eigenvalue weighted by atomic mass is 32.2. The molecular weight excluding hydrogens is 626 g/mol. The van der Waals surface area contributed by atoms with E-state index >= 15 is 0 Å². The lowest BCUT2D eigenvalue weighted by atomic mass is 9.95. The van der Waals surface area contributed by atoms with Crippen LogP contribution in [0.4, 0.5) is 10.1 Å². The number of amides is 2. The second-order valence-electron chi connectivity index (χ2n) is 12.6. The fourth-order valence-corrected chi connectivity index (χ4v) is 6.86. The minimum Gasteiger partial charge on any atom is -0.486 e. The highest BCUT2D eigenvalue weighted by Crippen LogP contribution is 2.36. The largest absolute Gasteiger partial charge is 0.486 e. The summed E-state index contributed by atoms with van der Waals surface area (Å²) in [6, 6.07) is 29.5. The molecule has 1 heterocycles.